The zero-order valence-electron chi connectivity index (χ0n) is 15.2. The van der Waals surface area contributed by atoms with Crippen LogP contribution >= 0.6 is 23.1 Å². The van der Waals surface area contributed by atoms with Crippen molar-refractivity contribution in [3.63, 3.8) is 0 Å². The van der Waals surface area contributed by atoms with E-state index in [1.54, 1.807) is 12.1 Å². The van der Waals surface area contributed by atoms with Gasteiger partial charge in [0.15, 0.2) is 4.34 Å². The van der Waals surface area contributed by atoms with Gasteiger partial charge in [0.1, 0.15) is 11.6 Å². The van der Waals surface area contributed by atoms with Crippen LogP contribution in [0.5, 0.6) is 5.75 Å². The Kier molecular flexibility index (Phi) is 5.64. The topological polar surface area (TPSA) is 51.2 Å². The van der Waals surface area contributed by atoms with E-state index in [-0.39, 0.29) is 23.0 Å². The third-order valence-electron chi connectivity index (χ3n) is 4.54. The van der Waals surface area contributed by atoms with Crippen molar-refractivity contribution in [2.75, 3.05) is 6.61 Å². The number of hydrogen-bond donors (Lipinski definition) is 1. The van der Waals surface area contributed by atoms with Gasteiger partial charge in [0.2, 0.25) is 5.91 Å². The minimum absolute atomic E-state index is 0.0229. The van der Waals surface area contributed by atoms with Gasteiger partial charge >= 0.3 is 0 Å². The fraction of sp³-hybridized carbons (Fsp3) is 0.238. The molecule has 3 aromatic rings. The fourth-order valence-corrected chi connectivity index (χ4v) is 5.03. The molecule has 0 saturated carbocycles. The van der Waals surface area contributed by atoms with Crippen LogP contribution in [0, 0.1) is 5.82 Å². The molecule has 1 amide bonds. The molecule has 0 radical (unpaired) electrons. The molecule has 4 rings (SSSR count). The van der Waals surface area contributed by atoms with Crippen molar-refractivity contribution in [2.24, 2.45) is 0 Å². The van der Waals surface area contributed by atoms with E-state index in [9.17, 15) is 9.18 Å². The highest BCUT2D eigenvalue weighted by Crippen LogP contribution is 2.34. The maximum absolute atomic E-state index is 13.1. The molecule has 7 heteroatoms. The lowest BCUT2D eigenvalue weighted by atomic mass is 10.0. The number of aromatic nitrogens is 1. The minimum atomic E-state index is -0.276. The van der Waals surface area contributed by atoms with Gasteiger partial charge in [-0.3, -0.25) is 4.79 Å². The van der Waals surface area contributed by atoms with E-state index < -0.39 is 0 Å². The van der Waals surface area contributed by atoms with E-state index in [2.05, 4.69) is 10.3 Å². The van der Waals surface area contributed by atoms with Crippen molar-refractivity contribution >= 4 is 29.0 Å². The summed E-state index contributed by atoms with van der Waals surface area (Å²) < 4.78 is 19.5. The predicted molar refractivity (Wildman–Crippen MR) is 110 cm³/mol. The van der Waals surface area contributed by atoms with Crippen LogP contribution in [0.2, 0.25) is 0 Å². The molecule has 2 heterocycles. The van der Waals surface area contributed by atoms with E-state index in [0.29, 0.717) is 6.61 Å². The lowest BCUT2D eigenvalue weighted by Gasteiger charge is -2.27. The van der Waals surface area contributed by atoms with Crippen LogP contribution in [0.15, 0.2) is 58.3 Å². The van der Waals surface area contributed by atoms with Crippen LogP contribution in [0.1, 0.15) is 24.9 Å². The van der Waals surface area contributed by atoms with Gasteiger partial charge in [-0.25, -0.2) is 9.37 Å². The summed E-state index contributed by atoms with van der Waals surface area (Å²) >= 11 is 2.92. The summed E-state index contributed by atoms with van der Waals surface area (Å²) in [7, 11) is 0. The Balaban J connectivity index is 1.40. The number of halogens is 1. The molecule has 144 valence electrons. The van der Waals surface area contributed by atoms with Crippen LogP contribution in [0.4, 0.5) is 4.39 Å². The zero-order chi connectivity index (χ0) is 19.5. The molecule has 1 N–H and O–H groups in total. The Morgan fingerprint density at radius 2 is 2.07 bits per heavy atom. The monoisotopic (exact) mass is 414 g/mol. The summed E-state index contributed by atoms with van der Waals surface area (Å²) in [5.41, 5.74) is 2.67. The normalized spacial score (nSPS) is 16.7. The summed E-state index contributed by atoms with van der Waals surface area (Å²) in [5, 5.41) is 4.78. The quantitative estimate of drug-likeness (QED) is 0.592. The van der Waals surface area contributed by atoms with Crippen molar-refractivity contribution in [2.45, 2.75) is 29.0 Å². The third-order valence-corrected chi connectivity index (χ3v) is 6.62. The third kappa shape index (κ3) is 4.20. The molecule has 28 heavy (non-hydrogen) atoms. The second-order valence-electron chi connectivity index (χ2n) is 6.50. The summed E-state index contributed by atoms with van der Waals surface area (Å²) in [6, 6.07) is 14.0. The number of para-hydroxylation sites is 1. The van der Waals surface area contributed by atoms with Crippen molar-refractivity contribution < 1.29 is 13.9 Å². The molecule has 2 unspecified atom stereocenters. The first-order chi connectivity index (χ1) is 13.6. The Morgan fingerprint density at radius 1 is 1.29 bits per heavy atom. The Bertz CT molecular complexity index is 975. The summed E-state index contributed by atoms with van der Waals surface area (Å²) in [4.78, 5) is 17.3. The number of thioether (sulfide) groups is 1. The Labute approximate surface area is 171 Å². The number of carbonyl (C=O) groups is 1. The van der Waals surface area contributed by atoms with E-state index in [1.165, 1.54) is 35.2 Å². The Hall–Kier alpha value is -2.38. The lowest BCUT2D eigenvalue weighted by molar-refractivity contribution is -0.121. The van der Waals surface area contributed by atoms with Gasteiger partial charge in [0, 0.05) is 22.9 Å². The molecule has 1 aliphatic heterocycles. The van der Waals surface area contributed by atoms with Crippen LogP contribution in [0.3, 0.4) is 0 Å². The average molecular weight is 415 g/mol. The number of ether oxygens (including phenoxy) is 1. The first kappa shape index (κ1) is 19.0. The molecular formula is C21H19FN2O2S2. The minimum Gasteiger partial charge on any atom is -0.493 e. The van der Waals surface area contributed by atoms with Gasteiger partial charge in [-0.15, -0.1) is 11.3 Å². The maximum atomic E-state index is 13.1. The average Bonchev–Trinajstić information content (AvgIpc) is 3.17. The van der Waals surface area contributed by atoms with Gasteiger partial charge < -0.3 is 10.1 Å². The number of fused-ring (bicyclic) bond motifs is 1. The predicted octanol–water partition coefficient (Wildman–Crippen LogP) is 5.07. The van der Waals surface area contributed by atoms with Crippen LogP contribution < -0.4 is 10.1 Å². The van der Waals surface area contributed by atoms with Crippen molar-refractivity contribution in [1.29, 1.82) is 0 Å². The fourth-order valence-electron chi connectivity index (χ4n) is 3.05. The molecule has 0 saturated heterocycles. The number of carbonyl (C=O) groups excluding carboxylic acids is 1. The van der Waals surface area contributed by atoms with Gasteiger partial charge in [-0.1, -0.05) is 30.0 Å². The molecule has 0 aliphatic carbocycles. The second kappa shape index (κ2) is 8.32. The molecule has 1 aromatic heterocycles. The van der Waals surface area contributed by atoms with Crippen LogP contribution in [-0.4, -0.2) is 22.7 Å². The first-order valence-electron chi connectivity index (χ1n) is 9.00. The van der Waals surface area contributed by atoms with E-state index >= 15 is 0 Å². The number of nitrogens with zero attached hydrogens (tertiary/aromatic N) is 1. The maximum Gasteiger partial charge on any atom is 0.233 e. The van der Waals surface area contributed by atoms with Crippen molar-refractivity contribution in [3.8, 4) is 17.0 Å². The van der Waals surface area contributed by atoms with Crippen molar-refractivity contribution in [1.82, 2.24) is 10.3 Å². The largest absolute Gasteiger partial charge is 0.493 e. The highest BCUT2D eigenvalue weighted by molar-refractivity contribution is 8.02. The number of amides is 1. The van der Waals surface area contributed by atoms with Gasteiger partial charge in [0.25, 0.3) is 0 Å². The smallest absolute Gasteiger partial charge is 0.233 e. The van der Waals surface area contributed by atoms with Gasteiger partial charge in [0.05, 0.1) is 23.6 Å². The SMILES string of the molecule is CC(Sc1nc(-c2ccc(F)cc2)cs1)C(=O)NC1CCOc2ccccc21. The summed E-state index contributed by atoms with van der Waals surface area (Å²) in [5.74, 6) is 0.544. The Morgan fingerprint density at radius 3 is 2.89 bits per heavy atom. The number of thiazole rings is 1. The molecule has 4 nitrogen and oxygen atoms in total. The zero-order valence-corrected chi connectivity index (χ0v) is 16.9. The van der Waals surface area contributed by atoms with Gasteiger partial charge in [-0.2, -0.15) is 0 Å². The van der Waals surface area contributed by atoms with E-state index in [4.69, 9.17) is 4.74 Å². The molecule has 2 aromatic carbocycles. The first-order valence-corrected chi connectivity index (χ1v) is 10.8. The second-order valence-corrected chi connectivity index (χ2v) is 8.95. The van der Waals surface area contributed by atoms with Crippen LogP contribution in [-0.2, 0) is 4.79 Å². The molecule has 0 bridgehead atoms. The highest BCUT2D eigenvalue weighted by atomic mass is 32.2. The molecular weight excluding hydrogens is 395 g/mol. The van der Waals surface area contributed by atoms with Crippen molar-refractivity contribution in [3.05, 3.63) is 65.3 Å². The number of hydrogen-bond acceptors (Lipinski definition) is 5. The van der Waals surface area contributed by atoms with E-state index in [1.807, 2.05) is 36.6 Å². The standard InChI is InChI=1S/C21H19FN2O2S2/c1-13(20(25)23-17-10-11-26-19-5-3-2-4-16(17)19)28-21-24-18(12-27-21)14-6-8-15(22)9-7-14/h2-9,12-13,17H,10-11H2,1H3,(H,23,25). The number of benzene rings is 2. The number of rotatable bonds is 5. The van der Waals surface area contributed by atoms with Crippen LogP contribution in [0.25, 0.3) is 11.3 Å². The molecule has 2 atom stereocenters. The molecule has 0 fully saturated rings. The van der Waals surface area contributed by atoms with E-state index in [0.717, 1.165) is 33.3 Å². The number of nitrogens with one attached hydrogen (secondary N) is 1. The van der Waals surface area contributed by atoms with Gasteiger partial charge in [-0.05, 0) is 37.3 Å². The summed E-state index contributed by atoms with van der Waals surface area (Å²) in [6.07, 6.45) is 0.756. The highest BCUT2D eigenvalue weighted by Gasteiger charge is 2.25. The molecule has 0 spiro atoms. The molecule has 1 aliphatic rings. The lowest BCUT2D eigenvalue weighted by Crippen LogP contribution is -2.36. The summed E-state index contributed by atoms with van der Waals surface area (Å²) in [6.45, 7) is 2.47.